The molecule has 0 saturated carbocycles. The molecule has 0 aliphatic carbocycles. The van der Waals surface area contributed by atoms with Crippen LogP contribution >= 0.6 is 11.8 Å². The molecule has 1 N–H and O–H groups in total. The van der Waals surface area contributed by atoms with Crippen LogP contribution in [0.5, 0.6) is 5.75 Å². The molecule has 4 aromatic rings. The Balaban J connectivity index is 1.60. The van der Waals surface area contributed by atoms with E-state index in [0.29, 0.717) is 22.2 Å². The number of ether oxygens (including phenoxy) is 2. The molecule has 0 aliphatic rings. The maximum atomic E-state index is 12.7. The van der Waals surface area contributed by atoms with Gasteiger partial charge in [0, 0.05) is 5.39 Å². The maximum Gasteiger partial charge on any atom is 0.316 e. The molecular weight excluding hydrogens is 452 g/mol. The van der Waals surface area contributed by atoms with Gasteiger partial charge in [-0.2, -0.15) is 5.10 Å². The Hall–Kier alpha value is -3.59. The normalized spacial score (nSPS) is 11.5. The molecule has 0 unspecified atom stereocenters. The number of nitrogens with one attached hydrogen (secondary N) is 1. The van der Waals surface area contributed by atoms with E-state index in [0.717, 1.165) is 16.4 Å². The highest BCUT2D eigenvalue weighted by Crippen LogP contribution is 2.26. The molecule has 4 rings (SSSR count). The first-order valence-electron chi connectivity index (χ1n) is 10.8. The van der Waals surface area contributed by atoms with Crippen molar-refractivity contribution < 1.29 is 19.1 Å². The predicted molar refractivity (Wildman–Crippen MR) is 131 cm³/mol. The van der Waals surface area contributed by atoms with Crippen molar-refractivity contribution in [3.63, 3.8) is 0 Å². The van der Waals surface area contributed by atoms with Crippen LogP contribution < -0.4 is 10.1 Å². The van der Waals surface area contributed by atoms with Crippen molar-refractivity contribution in [1.29, 1.82) is 0 Å². The number of thioether (sulfide) groups is 1. The molecule has 2 aromatic heterocycles. The van der Waals surface area contributed by atoms with Crippen LogP contribution in [0.1, 0.15) is 36.8 Å². The van der Waals surface area contributed by atoms with Gasteiger partial charge in [0.2, 0.25) is 0 Å². The first-order valence-corrected chi connectivity index (χ1v) is 11.8. The summed E-state index contributed by atoms with van der Waals surface area (Å²) in [6.07, 6.45) is 0. The van der Waals surface area contributed by atoms with Crippen LogP contribution in [0.3, 0.4) is 0 Å². The molecule has 8 nitrogen and oxygen atoms in total. The van der Waals surface area contributed by atoms with E-state index in [2.05, 4.69) is 10.4 Å². The first kappa shape index (κ1) is 23.6. The van der Waals surface area contributed by atoms with Crippen molar-refractivity contribution in [3.8, 4) is 5.75 Å². The molecular formula is C25H26N4O4S. The van der Waals surface area contributed by atoms with Crippen LogP contribution in [0.4, 0.5) is 0 Å². The number of nitrogens with zero attached hydrogens (tertiary/aromatic N) is 3. The molecule has 0 fully saturated rings. The molecule has 2 aromatic carbocycles. The van der Waals surface area contributed by atoms with Gasteiger partial charge < -0.3 is 14.8 Å². The van der Waals surface area contributed by atoms with E-state index in [1.54, 1.807) is 22.7 Å². The predicted octanol–water partition coefficient (Wildman–Crippen LogP) is 4.25. The zero-order chi connectivity index (χ0) is 24.3. The minimum Gasteiger partial charge on any atom is -0.496 e. The van der Waals surface area contributed by atoms with Gasteiger partial charge in [0.15, 0.2) is 5.16 Å². The van der Waals surface area contributed by atoms with Crippen LogP contribution in [0.2, 0.25) is 0 Å². The molecule has 9 heteroatoms. The molecule has 34 heavy (non-hydrogen) atoms. The lowest BCUT2D eigenvalue weighted by Gasteiger charge is -2.19. The van der Waals surface area contributed by atoms with Gasteiger partial charge in [0.05, 0.1) is 41.7 Å². The summed E-state index contributed by atoms with van der Waals surface area (Å²) in [5.41, 5.74) is 2.21. The number of amides is 1. The summed E-state index contributed by atoms with van der Waals surface area (Å²) in [5.74, 6) is 0.0392. The Morgan fingerprint density at radius 3 is 2.59 bits per heavy atom. The molecule has 0 spiro atoms. The topological polar surface area (TPSA) is 94.8 Å². The Morgan fingerprint density at radius 1 is 1.09 bits per heavy atom. The Morgan fingerprint density at radius 2 is 1.82 bits per heavy atom. The van der Waals surface area contributed by atoms with Gasteiger partial charge in [0.1, 0.15) is 11.4 Å². The van der Waals surface area contributed by atoms with Crippen LogP contribution in [-0.2, 0) is 16.1 Å². The SMILES string of the molecule is COc1ccccc1C(=O)NCc1cc2c3ccccc3nc(SCC(=O)OC(C)(C)C)n2n1. The van der Waals surface area contributed by atoms with E-state index in [9.17, 15) is 9.59 Å². The van der Waals surface area contributed by atoms with Crippen molar-refractivity contribution in [1.82, 2.24) is 19.9 Å². The standard InChI is InChI=1S/C25H26N4O4S/c1-25(2,3)33-22(30)15-34-24-27-19-11-7-5-9-17(19)20-13-16(28-29(20)24)14-26-23(31)18-10-6-8-12-21(18)32-4/h5-13H,14-15H2,1-4H3,(H,26,31). The third-order valence-electron chi connectivity index (χ3n) is 4.86. The maximum absolute atomic E-state index is 12.7. The Kier molecular flexibility index (Phi) is 6.74. The molecule has 0 radical (unpaired) electrons. The minimum atomic E-state index is -0.553. The fraction of sp³-hybridized carbons (Fsp3) is 0.280. The number of benzene rings is 2. The third-order valence-corrected chi connectivity index (χ3v) is 5.76. The highest BCUT2D eigenvalue weighted by atomic mass is 32.2. The highest BCUT2D eigenvalue weighted by molar-refractivity contribution is 7.99. The number of esters is 1. The number of carbonyl (C=O) groups excluding carboxylic acids is 2. The van der Waals surface area contributed by atoms with E-state index in [1.165, 1.54) is 18.9 Å². The van der Waals surface area contributed by atoms with Gasteiger partial charge in [-0.25, -0.2) is 9.50 Å². The van der Waals surface area contributed by atoms with E-state index in [4.69, 9.17) is 14.5 Å². The van der Waals surface area contributed by atoms with Crippen LogP contribution in [-0.4, -0.2) is 44.9 Å². The van der Waals surface area contributed by atoms with Crippen LogP contribution in [0.15, 0.2) is 59.8 Å². The fourth-order valence-electron chi connectivity index (χ4n) is 3.48. The number of methoxy groups -OCH3 is 1. The largest absolute Gasteiger partial charge is 0.496 e. The summed E-state index contributed by atoms with van der Waals surface area (Å²) < 4.78 is 12.4. The van der Waals surface area contributed by atoms with Gasteiger partial charge in [-0.1, -0.05) is 42.1 Å². The van der Waals surface area contributed by atoms with Crippen molar-refractivity contribution in [2.75, 3.05) is 12.9 Å². The summed E-state index contributed by atoms with van der Waals surface area (Å²) >= 11 is 1.26. The first-order chi connectivity index (χ1) is 16.2. The second-order valence-electron chi connectivity index (χ2n) is 8.60. The molecule has 0 atom stereocenters. The summed E-state index contributed by atoms with van der Waals surface area (Å²) in [5, 5.41) is 9.06. The summed E-state index contributed by atoms with van der Waals surface area (Å²) in [6, 6.07) is 16.7. The van der Waals surface area contributed by atoms with Gasteiger partial charge >= 0.3 is 5.97 Å². The van der Waals surface area contributed by atoms with E-state index in [-0.39, 0.29) is 24.2 Å². The van der Waals surface area contributed by atoms with Crippen molar-refractivity contribution >= 4 is 40.1 Å². The molecule has 176 valence electrons. The van der Waals surface area contributed by atoms with Gasteiger partial charge in [-0.05, 0) is 45.0 Å². The highest BCUT2D eigenvalue weighted by Gasteiger charge is 2.19. The number of hydrogen-bond acceptors (Lipinski definition) is 7. The zero-order valence-corrected chi connectivity index (χ0v) is 20.3. The Labute approximate surface area is 201 Å². The summed E-state index contributed by atoms with van der Waals surface area (Å²) in [4.78, 5) is 29.6. The number of para-hydroxylation sites is 2. The van der Waals surface area contributed by atoms with Crippen LogP contribution in [0, 0.1) is 0 Å². The summed E-state index contributed by atoms with van der Waals surface area (Å²) in [7, 11) is 1.53. The number of fused-ring (bicyclic) bond motifs is 3. The number of rotatable bonds is 7. The smallest absolute Gasteiger partial charge is 0.316 e. The number of carbonyl (C=O) groups is 2. The van der Waals surface area contributed by atoms with Gasteiger partial charge in [-0.15, -0.1) is 0 Å². The van der Waals surface area contributed by atoms with E-state index >= 15 is 0 Å². The lowest BCUT2D eigenvalue weighted by molar-refractivity contribution is -0.151. The zero-order valence-electron chi connectivity index (χ0n) is 19.5. The average Bonchev–Trinajstić information content (AvgIpc) is 3.24. The molecule has 2 heterocycles. The molecule has 0 saturated heterocycles. The van der Waals surface area contributed by atoms with Crippen molar-refractivity contribution in [2.24, 2.45) is 0 Å². The van der Waals surface area contributed by atoms with Crippen molar-refractivity contribution in [3.05, 3.63) is 65.9 Å². The Bertz CT molecular complexity index is 1360. The quantitative estimate of drug-likeness (QED) is 0.241. The number of aromatic nitrogens is 3. The minimum absolute atomic E-state index is 0.109. The fourth-order valence-corrected chi connectivity index (χ4v) is 4.21. The van der Waals surface area contributed by atoms with Gasteiger partial charge in [0.25, 0.3) is 5.91 Å². The lowest BCUT2D eigenvalue weighted by Crippen LogP contribution is -2.25. The second-order valence-corrected chi connectivity index (χ2v) is 9.54. The molecule has 0 aliphatic heterocycles. The van der Waals surface area contributed by atoms with E-state index < -0.39 is 5.60 Å². The molecule has 0 bridgehead atoms. The average molecular weight is 479 g/mol. The van der Waals surface area contributed by atoms with Crippen LogP contribution in [0.25, 0.3) is 16.4 Å². The molecule has 1 amide bonds. The van der Waals surface area contributed by atoms with Gasteiger partial charge in [-0.3, -0.25) is 9.59 Å². The number of hydrogen-bond donors (Lipinski definition) is 1. The van der Waals surface area contributed by atoms with Crippen molar-refractivity contribution in [2.45, 2.75) is 38.1 Å². The lowest BCUT2D eigenvalue weighted by atomic mass is 10.2. The summed E-state index contributed by atoms with van der Waals surface area (Å²) in [6.45, 7) is 5.73. The van der Waals surface area contributed by atoms with E-state index in [1.807, 2.05) is 57.2 Å². The second kappa shape index (κ2) is 9.72. The third kappa shape index (κ3) is 5.31. The monoisotopic (exact) mass is 478 g/mol.